The summed E-state index contributed by atoms with van der Waals surface area (Å²) < 4.78 is 55.0. The van der Waals surface area contributed by atoms with Gasteiger partial charge in [-0.1, -0.05) is 67.4 Å². The minimum absolute atomic E-state index is 0.00693. The van der Waals surface area contributed by atoms with Crippen LogP contribution in [0.15, 0.2) is 102 Å². The second kappa shape index (κ2) is 15.1. The molecule has 2 aliphatic rings. The van der Waals surface area contributed by atoms with E-state index in [2.05, 4.69) is 5.32 Å². The van der Waals surface area contributed by atoms with E-state index in [4.69, 9.17) is 9.47 Å². The lowest BCUT2D eigenvalue weighted by Crippen LogP contribution is -2.54. The van der Waals surface area contributed by atoms with Gasteiger partial charge < -0.3 is 19.7 Å². The van der Waals surface area contributed by atoms with Crippen molar-refractivity contribution >= 4 is 27.5 Å². The lowest BCUT2D eigenvalue weighted by atomic mass is 10.0. The number of nitrogens with zero attached hydrogens (tertiary/aromatic N) is 2. The van der Waals surface area contributed by atoms with Gasteiger partial charge in [-0.25, -0.2) is 12.8 Å². The highest BCUT2D eigenvalue weighted by Gasteiger charge is 2.36. The number of carbonyl (C=O) groups excluding carboxylic acids is 2. The van der Waals surface area contributed by atoms with E-state index in [0.717, 1.165) is 58.8 Å². The first kappa shape index (κ1) is 34.0. The van der Waals surface area contributed by atoms with Gasteiger partial charge in [-0.3, -0.25) is 13.9 Å². The maximum atomic E-state index is 14.7. The topological polar surface area (TPSA) is 105 Å². The molecule has 2 amide bonds. The Morgan fingerprint density at radius 1 is 0.878 bits per heavy atom. The average molecular weight is 686 g/mol. The number of benzene rings is 4. The lowest BCUT2D eigenvalue weighted by molar-refractivity contribution is -0.140. The molecule has 6 rings (SSSR count). The molecule has 0 unspecified atom stereocenters. The van der Waals surface area contributed by atoms with Crippen LogP contribution in [-0.4, -0.2) is 57.0 Å². The Kier molecular flexibility index (Phi) is 10.5. The van der Waals surface area contributed by atoms with E-state index in [1.807, 2.05) is 61.5 Å². The fourth-order valence-electron chi connectivity index (χ4n) is 6.34. The summed E-state index contributed by atoms with van der Waals surface area (Å²) in [4.78, 5) is 30.2. The van der Waals surface area contributed by atoms with Crippen molar-refractivity contribution in [2.75, 3.05) is 24.1 Å². The summed E-state index contributed by atoms with van der Waals surface area (Å²) in [5.74, 6) is -0.752. The number of nitrogens with one attached hydrogen (secondary N) is 1. The number of hydrogen-bond acceptors (Lipinski definition) is 6. The zero-order valence-corrected chi connectivity index (χ0v) is 28.2. The molecule has 256 valence electrons. The SMILES string of the molecule is Cc1ccccc1CN(C(=O)CN(c1ccc(F)cc1)S(=O)(=O)c1ccc2c(c1)OCCO2)[C@H](Cc1ccccc1)C(=O)NC1CCCC1. The van der Waals surface area contributed by atoms with Gasteiger partial charge in [0.2, 0.25) is 11.8 Å². The molecule has 1 atom stereocenters. The molecule has 1 heterocycles. The van der Waals surface area contributed by atoms with Gasteiger partial charge in [0.25, 0.3) is 10.0 Å². The highest BCUT2D eigenvalue weighted by atomic mass is 32.2. The van der Waals surface area contributed by atoms with Crippen molar-refractivity contribution in [2.24, 2.45) is 0 Å². The molecule has 9 nitrogen and oxygen atoms in total. The first-order chi connectivity index (χ1) is 23.7. The molecule has 4 aromatic rings. The molecule has 1 saturated carbocycles. The molecule has 0 aromatic heterocycles. The van der Waals surface area contributed by atoms with E-state index in [0.29, 0.717) is 12.4 Å². The molecule has 1 aliphatic carbocycles. The fourth-order valence-corrected chi connectivity index (χ4v) is 7.77. The highest BCUT2D eigenvalue weighted by Crippen LogP contribution is 2.34. The summed E-state index contributed by atoms with van der Waals surface area (Å²) in [6.07, 6.45) is 3.99. The summed E-state index contributed by atoms with van der Waals surface area (Å²) in [5, 5.41) is 3.18. The maximum Gasteiger partial charge on any atom is 0.264 e. The van der Waals surface area contributed by atoms with Crippen LogP contribution in [0.2, 0.25) is 0 Å². The van der Waals surface area contributed by atoms with Gasteiger partial charge >= 0.3 is 0 Å². The summed E-state index contributed by atoms with van der Waals surface area (Å²) >= 11 is 0. The minimum atomic E-state index is -4.41. The first-order valence-electron chi connectivity index (χ1n) is 16.6. The summed E-state index contributed by atoms with van der Waals surface area (Å²) in [7, 11) is -4.41. The van der Waals surface area contributed by atoms with Gasteiger partial charge in [0, 0.05) is 25.1 Å². The van der Waals surface area contributed by atoms with E-state index in [1.54, 1.807) is 0 Å². The van der Waals surface area contributed by atoms with E-state index < -0.39 is 34.3 Å². The number of hydrogen-bond donors (Lipinski definition) is 1. The number of anilines is 1. The number of aryl methyl sites for hydroxylation is 1. The third-order valence-corrected chi connectivity index (χ3v) is 10.8. The zero-order chi connectivity index (χ0) is 34.4. The Morgan fingerprint density at radius 2 is 1.55 bits per heavy atom. The molecule has 0 bridgehead atoms. The second-order valence-electron chi connectivity index (χ2n) is 12.4. The summed E-state index contributed by atoms with van der Waals surface area (Å²) in [6.45, 7) is 1.96. The van der Waals surface area contributed by atoms with Crippen molar-refractivity contribution < 1.29 is 31.9 Å². The Hall–Kier alpha value is -4.90. The molecule has 0 spiro atoms. The third kappa shape index (κ3) is 8.05. The van der Waals surface area contributed by atoms with Crippen LogP contribution in [0, 0.1) is 12.7 Å². The quantitative estimate of drug-likeness (QED) is 0.202. The number of halogens is 1. The van der Waals surface area contributed by atoms with E-state index in [9.17, 15) is 22.4 Å². The van der Waals surface area contributed by atoms with Crippen LogP contribution in [0.4, 0.5) is 10.1 Å². The highest BCUT2D eigenvalue weighted by molar-refractivity contribution is 7.92. The van der Waals surface area contributed by atoms with Crippen molar-refractivity contribution in [3.05, 3.63) is 120 Å². The lowest BCUT2D eigenvalue weighted by Gasteiger charge is -2.34. The van der Waals surface area contributed by atoms with Gasteiger partial charge in [-0.15, -0.1) is 0 Å². The number of rotatable bonds is 12. The molecular formula is C38H40FN3O6S. The van der Waals surface area contributed by atoms with Gasteiger partial charge in [0.05, 0.1) is 10.6 Å². The van der Waals surface area contributed by atoms with Crippen LogP contribution in [0.1, 0.15) is 42.4 Å². The number of sulfonamides is 1. The molecular weight excluding hydrogens is 645 g/mol. The first-order valence-corrected chi connectivity index (χ1v) is 18.0. The molecule has 4 aromatic carbocycles. The van der Waals surface area contributed by atoms with Crippen LogP contribution < -0.4 is 19.1 Å². The van der Waals surface area contributed by atoms with E-state index in [-0.39, 0.29) is 47.9 Å². The standard InChI is InChI=1S/C38H40FN3O6S/c1-27-9-5-6-12-29(27)25-41(34(23-28-10-3-2-4-11-28)38(44)40-31-13-7-8-14-31)37(43)26-42(32-17-15-30(39)16-18-32)49(45,46)33-19-20-35-36(24-33)48-22-21-47-35/h2-6,9-12,15-20,24,31,34H,7-8,13-14,21-23,25-26H2,1H3,(H,40,44)/t34-/m1/s1. The average Bonchev–Trinajstić information content (AvgIpc) is 3.63. The Morgan fingerprint density at radius 3 is 2.27 bits per heavy atom. The minimum Gasteiger partial charge on any atom is -0.486 e. The van der Waals surface area contributed by atoms with Crippen LogP contribution in [0.5, 0.6) is 11.5 Å². The number of ether oxygens (including phenoxy) is 2. The van der Waals surface area contributed by atoms with Crippen molar-refractivity contribution in [3.63, 3.8) is 0 Å². The normalized spacial score (nSPS) is 15.0. The van der Waals surface area contributed by atoms with Crippen molar-refractivity contribution in [1.82, 2.24) is 10.2 Å². The van der Waals surface area contributed by atoms with E-state index >= 15 is 0 Å². The van der Waals surface area contributed by atoms with Crippen molar-refractivity contribution in [2.45, 2.75) is 62.6 Å². The van der Waals surface area contributed by atoms with Gasteiger partial charge in [-0.05, 0) is 72.9 Å². The summed E-state index contributed by atoms with van der Waals surface area (Å²) in [5.41, 5.74) is 2.70. The predicted octanol–water partition coefficient (Wildman–Crippen LogP) is 5.80. The molecule has 11 heteroatoms. The number of carbonyl (C=O) groups is 2. The fraction of sp³-hybridized carbons (Fsp3) is 0.316. The molecule has 1 N–H and O–H groups in total. The largest absolute Gasteiger partial charge is 0.486 e. The predicted molar refractivity (Wildman–Crippen MR) is 184 cm³/mol. The van der Waals surface area contributed by atoms with Gasteiger partial charge in [-0.2, -0.15) is 0 Å². The monoisotopic (exact) mass is 685 g/mol. The third-order valence-electron chi connectivity index (χ3n) is 9.07. The van der Waals surface area contributed by atoms with Crippen LogP contribution in [0.3, 0.4) is 0 Å². The van der Waals surface area contributed by atoms with Crippen LogP contribution in [-0.2, 0) is 32.6 Å². The molecule has 0 radical (unpaired) electrons. The van der Waals surface area contributed by atoms with Gasteiger partial charge in [0.15, 0.2) is 11.5 Å². The molecule has 1 aliphatic heterocycles. The van der Waals surface area contributed by atoms with E-state index in [1.165, 1.54) is 35.2 Å². The second-order valence-corrected chi connectivity index (χ2v) is 14.3. The molecule has 49 heavy (non-hydrogen) atoms. The molecule has 0 saturated heterocycles. The zero-order valence-electron chi connectivity index (χ0n) is 27.4. The van der Waals surface area contributed by atoms with Crippen LogP contribution >= 0.6 is 0 Å². The molecule has 1 fully saturated rings. The van der Waals surface area contributed by atoms with Crippen molar-refractivity contribution in [1.29, 1.82) is 0 Å². The van der Waals surface area contributed by atoms with Crippen molar-refractivity contribution in [3.8, 4) is 11.5 Å². The van der Waals surface area contributed by atoms with Crippen LogP contribution in [0.25, 0.3) is 0 Å². The number of amides is 2. The number of fused-ring (bicyclic) bond motifs is 1. The Labute approximate surface area is 286 Å². The smallest absolute Gasteiger partial charge is 0.264 e. The Bertz CT molecular complexity index is 1880. The maximum absolute atomic E-state index is 14.7. The van der Waals surface area contributed by atoms with Gasteiger partial charge in [0.1, 0.15) is 31.6 Å². The summed E-state index contributed by atoms with van der Waals surface area (Å²) in [6, 6.07) is 25.3. The Balaban J connectivity index is 1.40.